The van der Waals surface area contributed by atoms with Crippen molar-refractivity contribution in [1.29, 1.82) is 0 Å². The second-order valence-corrected chi connectivity index (χ2v) is 5.05. The smallest absolute Gasteiger partial charge is 0.404 e. The van der Waals surface area contributed by atoms with Crippen molar-refractivity contribution in [1.82, 2.24) is 0 Å². The van der Waals surface area contributed by atoms with Crippen molar-refractivity contribution in [3.63, 3.8) is 0 Å². The van der Waals surface area contributed by atoms with Crippen LogP contribution < -0.4 is 0 Å². The van der Waals surface area contributed by atoms with Gasteiger partial charge in [-0.3, -0.25) is 10.1 Å². The molecule has 4 nitrogen and oxygen atoms in total. The Morgan fingerprint density at radius 1 is 1.11 bits per heavy atom. The molecule has 1 aromatic carbocycles. The molecule has 2 aromatic rings. The molecule has 0 spiro atoms. The van der Waals surface area contributed by atoms with Crippen LogP contribution in [0.25, 0.3) is 0 Å². The average Bonchev–Trinajstić information content (AvgIpc) is 2.87. The number of hydrogen-bond donors (Lipinski definition) is 0. The number of furan rings is 1. The van der Waals surface area contributed by atoms with Crippen molar-refractivity contribution >= 4 is 17.5 Å². The lowest BCUT2D eigenvalue weighted by molar-refractivity contribution is -0.402. The van der Waals surface area contributed by atoms with Crippen LogP contribution in [-0.4, -0.2) is 4.92 Å². The first kappa shape index (κ1) is 13.6. The first-order valence-corrected chi connectivity index (χ1v) is 6.40. The van der Waals surface area contributed by atoms with E-state index in [9.17, 15) is 10.1 Å². The molecule has 0 saturated heterocycles. The Bertz CT molecular complexity index is 575. The number of benzene rings is 1. The van der Waals surface area contributed by atoms with Gasteiger partial charge in [0.05, 0.1) is 6.07 Å². The molecule has 0 fully saturated rings. The van der Waals surface area contributed by atoms with E-state index in [2.05, 4.69) is 13.8 Å². The summed E-state index contributed by atoms with van der Waals surface area (Å²) in [7, 11) is 0. The first-order chi connectivity index (χ1) is 8.99. The molecule has 19 heavy (non-hydrogen) atoms. The molecule has 0 radical (unpaired) electrons. The highest BCUT2D eigenvalue weighted by atomic mass is 35.5. The highest BCUT2D eigenvalue weighted by Crippen LogP contribution is 2.32. The zero-order valence-corrected chi connectivity index (χ0v) is 11.4. The van der Waals surface area contributed by atoms with E-state index < -0.39 is 10.3 Å². The average molecular weight is 280 g/mol. The Morgan fingerprint density at radius 3 is 2.16 bits per heavy atom. The second kappa shape index (κ2) is 5.45. The van der Waals surface area contributed by atoms with E-state index in [0.29, 0.717) is 11.7 Å². The second-order valence-electron chi connectivity index (χ2n) is 4.62. The molecule has 1 aromatic heterocycles. The number of rotatable bonds is 4. The van der Waals surface area contributed by atoms with Crippen LogP contribution in [0.2, 0.25) is 0 Å². The van der Waals surface area contributed by atoms with E-state index in [1.165, 1.54) is 17.7 Å². The van der Waals surface area contributed by atoms with E-state index in [1.54, 1.807) is 0 Å². The van der Waals surface area contributed by atoms with Crippen molar-refractivity contribution in [3.05, 3.63) is 63.4 Å². The van der Waals surface area contributed by atoms with Crippen LogP contribution >= 0.6 is 11.6 Å². The molecule has 1 unspecified atom stereocenters. The van der Waals surface area contributed by atoms with E-state index in [4.69, 9.17) is 16.0 Å². The van der Waals surface area contributed by atoms with Crippen LogP contribution in [0.5, 0.6) is 0 Å². The number of nitrogens with zero attached hydrogens (tertiary/aromatic N) is 1. The molecule has 1 atom stereocenters. The predicted molar refractivity (Wildman–Crippen MR) is 73.6 cm³/mol. The Morgan fingerprint density at radius 2 is 1.68 bits per heavy atom. The Labute approximate surface area is 116 Å². The molecule has 5 heteroatoms. The molecular weight excluding hydrogens is 266 g/mol. The summed E-state index contributed by atoms with van der Waals surface area (Å²) in [6.07, 6.45) is 0. The molecule has 0 aliphatic heterocycles. The fourth-order valence-corrected chi connectivity index (χ4v) is 2.05. The predicted octanol–water partition coefficient (Wildman–Crippen LogP) is 4.64. The summed E-state index contributed by atoms with van der Waals surface area (Å²) in [6.45, 7) is 4.23. The SMILES string of the molecule is CC(C)c1ccc(C(Cl)c2ccc([N+](=O)[O-])o2)cc1. The quantitative estimate of drug-likeness (QED) is 0.465. The van der Waals surface area contributed by atoms with Gasteiger partial charge in [0.1, 0.15) is 16.1 Å². The highest BCUT2D eigenvalue weighted by molar-refractivity contribution is 6.22. The van der Waals surface area contributed by atoms with Gasteiger partial charge in [0.25, 0.3) is 0 Å². The third-order valence-electron chi connectivity index (χ3n) is 2.94. The molecule has 0 N–H and O–H groups in total. The summed E-state index contributed by atoms with van der Waals surface area (Å²) in [5, 5.41) is 10.0. The van der Waals surface area contributed by atoms with Gasteiger partial charge in [-0.2, -0.15) is 0 Å². The van der Waals surface area contributed by atoms with Gasteiger partial charge in [-0.1, -0.05) is 38.1 Å². The Kier molecular flexibility index (Phi) is 3.90. The summed E-state index contributed by atoms with van der Waals surface area (Å²) in [4.78, 5) is 9.99. The molecule has 0 aliphatic rings. The minimum Gasteiger partial charge on any atom is -0.404 e. The molecule has 0 amide bonds. The summed E-state index contributed by atoms with van der Waals surface area (Å²) in [5.41, 5.74) is 2.08. The maximum atomic E-state index is 10.6. The fraction of sp³-hybridized carbons (Fsp3) is 0.286. The summed E-state index contributed by atoms with van der Waals surface area (Å²) >= 11 is 6.27. The largest absolute Gasteiger partial charge is 0.433 e. The van der Waals surface area contributed by atoms with Gasteiger partial charge in [-0.25, -0.2) is 0 Å². The number of hydrogen-bond acceptors (Lipinski definition) is 3. The lowest BCUT2D eigenvalue weighted by Crippen LogP contribution is -1.93. The summed E-state index contributed by atoms with van der Waals surface area (Å²) < 4.78 is 5.11. The minimum atomic E-state index is -0.574. The van der Waals surface area contributed by atoms with Gasteiger partial charge >= 0.3 is 5.88 Å². The summed E-state index contributed by atoms with van der Waals surface area (Å²) in [5.74, 6) is 0.539. The molecule has 100 valence electrons. The standard InChI is InChI=1S/C14H14ClNO3/c1-9(2)10-3-5-11(6-4-10)14(15)12-7-8-13(19-12)16(17)18/h3-9,14H,1-2H3. The van der Waals surface area contributed by atoms with E-state index in [1.807, 2.05) is 24.3 Å². The van der Waals surface area contributed by atoms with Crippen molar-refractivity contribution < 1.29 is 9.34 Å². The molecular formula is C14H14ClNO3. The third-order valence-corrected chi connectivity index (χ3v) is 3.41. The molecule has 2 rings (SSSR count). The fourth-order valence-electron chi connectivity index (χ4n) is 1.79. The summed E-state index contributed by atoms with van der Waals surface area (Å²) in [6, 6.07) is 10.7. The topological polar surface area (TPSA) is 56.3 Å². The van der Waals surface area contributed by atoms with Crippen LogP contribution in [0, 0.1) is 10.1 Å². The van der Waals surface area contributed by atoms with Gasteiger partial charge in [-0.05, 0) is 23.1 Å². The van der Waals surface area contributed by atoms with Gasteiger partial charge in [0.15, 0.2) is 0 Å². The monoisotopic (exact) mass is 279 g/mol. The van der Waals surface area contributed by atoms with Crippen molar-refractivity contribution in [3.8, 4) is 0 Å². The maximum absolute atomic E-state index is 10.6. The van der Waals surface area contributed by atoms with E-state index >= 15 is 0 Å². The highest BCUT2D eigenvalue weighted by Gasteiger charge is 2.19. The Hall–Kier alpha value is -1.81. The van der Waals surface area contributed by atoms with Gasteiger partial charge in [0.2, 0.25) is 0 Å². The van der Waals surface area contributed by atoms with Crippen LogP contribution in [0.3, 0.4) is 0 Å². The molecule has 1 heterocycles. The van der Waals surface area contributed by atoms with Crippen molar-refractivity contribution in [2.24, 2.45) is 0 Å². The molecule has 0 saturated carbocycles. The first-order valence-electron chi connectivity index (χ1n) is 5.97. The number of nitro groups is 1. The normalized spacial score (nSPS) is 12.6. The van der Waals surface area contributed by atoms with Crippen molar-refractivity contribution in [2.45, 2.75) is 25.1 Å². The molecule has 0 bridgehead atoms. The maximum Gasteiger partial charge on any atom is 0.433 e. The lowest BCUT2D eigenvalue weighted by atomic mass is 10.0. The van der Waals surface area contributed by atoms with E-state index in [-0.39, 0.29) is 5.88 Å². The van der Waals surface area contributed by atoms with Gasteiger partial charge in [0, 0.05) is 0 Å². The van der Waals surface area contributed by atoms with Crippen LogP contribution in [0.15, 0.2) is 40.8 Å². The third kappa shape index (κ3) is 2.96. The number of halogens is 1. The van der Waals surface area contributed by atoms with Gasteiger partial charge in [-0.15, -0.1) is 11.6 Å². The number of alkyl halides is 1. The van der Waals surface area contributed by atoms with Gasteiger partial charge < -0.3 is 4.42 Å². The zero-order valence-electron chi connectivity index (χ0n) is 10.7. The van der Waals surface area contributed by atoms with Crippen LogP contribution in [-0.2, 0) is 0 Å². The minimum absolute atomic E-state index is 0.292. The van der Waals surface area contributed by atoms with E-state index in [0.717, 1.165) is 5.56 Å². The molecule has 0 aliphatic carbocycles. The van der Waals surface area contributed by atoms with Crippen LogP contribution in [0.1, 0.15) is 42.0 Å². The zero-order chi connectivity index (χ0) is 14.0. The van der Waals surface area contributed by atoms with Crippen molar-refractivity contribution in [2.75, 3.05) is 0 Å². The lowest BCUT2D eigenvalue weighted by Gasteiger charge is -2.09. The Balaban J connectivity index is 2.22. The van der Waals surface area contributed by atoms with Crippen LogP contribution in [0.4, 0.5) is 5.88 Å².